The predicted molar refractivity (Wildman–Crippen MR) is 96.0 cm³/mol. The zero-order valence-electron chi connectivity index (χ0n) is 15.4. The molecule has 4 amide bonds. The highest BCUT2D eigenvalue weighted by molar-refractivity contribution is 6.07. The topological polar surface area (TPSA) is 109 Å². The number of imidazole rings is 1. The van der Waals surface area contributed by atoms with Crippen LogP contribution >= 0.6 is 0 Å². The molecule has 0 aromatic carbocycles. The second-order valence-corrected chi connectivity index (χ2v) is 7.14. The maximum Gasteiger partial charge on any atom is 0.322 e. The van der Waals surface area contributed by atoms with Crippen molar-refractivity contribution in [2.45, 2.75) is 38.6 Å². The van der Waals surface area contributed by atoms with Crippen LogP contribution in [0.1, 0.15) is 42.4 Å². The van der Waals surface area contributed by atoms with E-state index in [0.717, 1.165) is 0 Å². The van der Waals surface area contributed by atoms with Gasteiger partial charge in [-0.1, -0.05) is 6.92 Å². The number of carbonyl (C=O) groups excluding carboxylic acids is 3. The summed E-state index contributed by atoms with van der Waals surface area (Å²) >= 11 is 0. The van der Waals surface area contributed by atoms with Gasteiger partial charge in [-0.25, -0.2) is 14.8 Å². The average Bonchev–Trinajstić information content (AvgIpc) is 3.16. The van der Waals surface area contributed by atoms with Crippen molar-refractivity contribution in [2.75, 3.05) is 13.1 Å². The molecule has 4 heterocycles. The fourth-order valence-corrected chi connectivity index (χ4v) is 4.31. The molecule has 2 aliphatic rings. The number of aryl methyl sites for hydroxylation is 1. The van der Waals surface area contributed by atoms with Crippen molar-refractivity contribution in [2.24, 2.45) is 5.92 Å². The van der Waals surface area contributed by atoms with Crippen molar-refractivity contribution < 1.29 is 14.4 Å². The number of hydrogen-bond donors (Lipinski definition) is 2. The number of rotatable bonds is 3. The van der Waals surface area contributed by atoms with Crippen LogP contribution in [0.4, 0.5) is 4.79 Å². The summed E-state index contributed by atoms with van der Waals surface area (Å²) in [5, 5.41) is 5.17. The highest BCUT2D eigenvalue weighted by Gasteiger charge is 2.51. The lowest BCUT2D eigenvalue weighted by Crippen LogP contribution is -2.56. The molecule has 1 unspecified atom stereocenters. The van der Waals surface area contributed by atoms with Crippen LogP contribution in [0.15, 0.2) is 18.5 Å². The van der Waals surface area contributed by atoms with Crippen LogP contribution in [0.5, 0.6) is 0 Å². The quantitative estimate of drug-likeness (QED) is 0.780. The Morgan fingerprint density at radius 1 is 1.33 bits per heavy atom. The summed E-state index contributed by atoms with van der Waals surface area (Å²) in [6.45, 7) is 4.76. The first-order valence-corrected chi connectivity index (χ1v) is 9.19. The monoisotopic (exact) mass is 370 g/mol. The van der Waals surface area contributed by atoms with Gasteiger partial charge in [-0.15, -0.1) is 0 Å². The molecule has 2 aliphatic heterocycles. The lowest BCUT2D eigenvalue weighted by atomic mass is 9.76. The molecule has 0 aliphatic carbocycles. The van der Waals surface area contributed by atoms with Gasteiger partial charge in [-0.3, -0.25) is 19.3 Å². The minimum absolute atomic E-state index is 0.00273. The standard InChI is InChI=1S/C18H22N6O3/c1-3-18(15(26)21-17(27)22-18)12-5-9-23(10-6-12)14(25)13-11(2)20-16-19-7-4-8-24(13)16/h4,7-8,12H,3,5-6,9-10H2,1-2H3,(H2,21,22,26,27). The Morgan fingerprint density at radius 2 is 2.07 bits per heavy atom. The van der Waals surface area contributed by atoms with E-state index >= 15 is 0 Å². The molecule has 0 radical (unpaired) electrons. The number of imide groups is 1. The third-order valence-electron chi connectivity index (χ3n) is 5.79. The van der Waals surface area contributed by atoms with Crippen LogP contribution in [0.25, 0.3) is 5.78 Å². The van der Waals surface area contributed by atoms with E-state index in [2.05, 4.69) is 20.6 Å². The number of piperidine rings is 1. The van der Waals surface area contributed by atoms with E-state index in [1.165, 1.54) is 0 Å². The molecule has 4 rings (SSSR count). The van der Waals surface area contributed by atoms with Crippen molar-refractivity contribution >= 4 is 23.6 Å². The summed E-state index contributed by atoms with van der Waals surface area (Å²) in [7, 11) is 0. The van der Waals surface area contributed by atoms with Crippen LogP contribution in [0, 0.1) is 12.8 Å². The summed E-state index contributed by atoms with van der Waals surface area (Å²) < 4.78 is 1.71. The van der Waals surface area contributed by atoms with Crippen molar-refractivity contribution in [3.8, 4) is 0 Å². The Kier molecular flexibility index (Phi) is 4.09. The zero-order chi connectivity index (χ0) is 19.2. The second-order valence-electron chi connectivity index (χ2n) is 7.14. The Morgan fingerprint density at radius 3 is 2.70 bits per heavy atom. The van der Waals surface area contributed by atoms with Gasteiger partial charge >= 0.3 is 6.03 Å². The number of urea groups is 1. The Balaban J connectivity index is 1.52. The normalized spacial score (nSPS) is 23.6. The molecule has 9 nitrogen and oxygen atoms in total. The number of amides is 4. The van der Waals surface area contributed by atoms with Crippen LogP contribution in [-0.2, 0) is 4.79 Å². The molecular formula is C18H22N6O3. The third kappa shape index (κ3) is 2.65. The maximum absolute atomic E-state index is 13.1. The number of fused-ring (bicyclic) bond motifs is 1. The average molecular weight is 370 g/mol. The Labute approximate surface area is 156 Å². The molecule has 27 heavy (non-hydrogen) atoms. The van der Waals surface area contributed by atoms with Crippen molar-refractivity contribution in [3.05, 3.63) is 29.8 Å². The number of likely N-dealkylation sites (tertiary alicyclic amines) is 1. The fraction of sp³-hybridized carbons (Fsp3) is 0.500. The molecule has 9 heteroatoms. The maximum atomic E-state index is 13.1. The van der Waals surface area contributed by atoms with Crippen LogP contribution < -0.4 is 10.6 Å². The lowest BCUT2D eigenvalue weighted by Gasteiger charge is -2.40. The van der Waals surface area contributed by atoms with E-state index in [4.69, 9.17) is 0 Å². The third-order valence-corrected chi connectivity index (χ3v) is 5.79. The van der Waals surface area contributed by atoms with Gasteiger partial charge in [-0.05, 0) is 38.2 Å². The van der Waals surface area contributed by atoms with Gasteiger partial charge in [0.15, 0.2) is 0 Å². The highest BCUT2D eigenvalue weighted by Crippen LogP contribution is 2.34. The summed E-state index contributed by atoms with van der Waals surface area (Å²) in [5.41, 5.74) is 0.303. The number of carbonyl (C=O) groups is 3. The number of nitrogens with zero attached hydrogens (tertiary/aromatic N) is 4. The van der Waals surface area contributed by atoms with Crippen molar-refractivity contribution in [3.63, 3.8) is 0 Å². The molecule has 0 saturated carbocycles. The van der Waals surface area contributed by atoms with Crippen LogP contribution in [-0.4, -0.2) is 55.7 Å². The van der Waals surface area contributed by atoms with Gasteiger partial charge in [0.2, 0.25) is 5.78 Å². The number of nitrogens with one attached hydrogen (secondary N) is 2. The molecule has 142 valence electrons. The van der Waals surface area contributed by atoms with E-state index in [0.29, 0.717) is 49.5 Å². The number of aromatic nitrogens is 3. The molecule has 1 atom stereocenters. The smallest absolute Gasteiger partial charge is 0.322 e. The Hall–Kier alpha value is -2.97. The van der Waals surface area contributed by atoms with E-state index in [9.17, 15) is 14.4 Å². The van der Waals surface area contributed by atoms with Gasteiger partial charge in [0.25, 0.3) is 11.8 Å². The summed E-state index contributed by atoms with van der Waals surface area (Å²) in [5.74, 6) is 0.159. The molecule has 2 N–H and O–H groups in total. The van der Waals surface area contributed by atoms with Gasteiger partial charge in [0.1, 0.15) is 11.2 Å². The van der Waals surface area contributed by atoms with Crippen molar-refractivity contribution in [1.29, 1.82) is 0 Å². The molecule has 2 aromatic rings. The van der Waals surface area contributed by atoms with Gasteiger partial charge < -0.3 is 10.2 Å². The molecule has 2 aromatic heterocycles. The minimum Gasteiger partial charge on any atom is -0.337 e. The predicted octanol–water partition coefficient (Wildman–Crippen LogP) is 0.878. The summed E-state index contributed by atoms with van der Waals surface area (Å²) in [6.07, 6.45) is 5.27. The van der Waals surface area contributed by atoms with Crippen LogP contribution in [0.3, 0.4) is 0 Å². The lowest BCUT2D eigenvalue weighted by molar-refractivity contribution is -0.126. The first-order chi connectivity index (χ1) is 13.0. The number of hydrogen-bond acceptors (Lipinski definition) is 5. The van der Waals surface area contributed by atoms with Crippen LogP contribution in [0.2, 0.25) is 0 Å². The molecule has 0 bridgehead atoms. The highest BCUT2D eigenvalue weighted by atomic mass is 16.2. The zero-order valence-corrected chi connectivity index (χ0v) is 15.4. The van der Waals surface area contributed by atoms with Crippen molar-refractivity contribution in [1.82, 2.24) is 29.9 Å². The summed E-state index contributed by atoms with van der Waals surface area (Å²) in [4.78, 5) is 47.4. The molecule has 2 fully saturated rings. The second kappa shape index (κ2) is 6.33. The largest absolute Gasteiger partial charge is 0.337 e. The molecular weight excluding hydrogens is 348 g/mol. The van der Waals surface area contributed by atoms with E-state index in [1.807, 2.05) is 6.92 Å². The van der Waals surface area contributed by atoms with Gasteiger partial charge in [-0.2, -0.15) is 0 Å². The van der Waals surface area contributed by atoms with E-state index < -0.39 is 11.6 Å². The van der Waals surface area contributed by atoms with Gasteiger partial charge in [0.05, 0.1) is 5.69 Å². The van der Waals surface area contributed by atoms with E-state index in [1.54, 1.807) is 34.7 Å². The SMILES string of the molecule is CCC1(C2CCN(C(=O)c3c(C)nc4ncccn34)CC2)NC(=O)NC1=O. The molecule has 0 spiro atoms. The minimum atomic E-state index is -0.866. The van der Waals surface area contributed by atoms with E-state index in [-0.39, 0.29) is 17.7 Å². The first kappa shape index (κ1) is 17.4. The summed E-state index contributed by atoms with van der Waals surface area (Å²) in [6, 6.07) is 1.33. The fourth-order valence-electron chi connectivity index (χ4n) is 4.31. The Bertz CT molecular complexity index is 930. The van der Waals surface area contributed by atoms with Gasteiger partial charge in [0, 0.05) is 25.5 Å². The molecule has 2 saturated heterocycles. The first-order valence-electron chi connectivity index (χ1n) is 9.19.